The van der Waals surface area contributed by atoms with Gasteiger partial charge in [0.05, 0.1) is 0 Å². The van der Waals surface area contributed by atoms with Gasteiger partial charge in [-0.3, -0.25) is 0 Å². The van der Waals surface area contributed by atoms with Gasteiger partial charge in [-0.2, -0.15) is 0 Å². The molecule has 5 heteroatoms. The molecule has 0 fully saturated rings. The number of nitrogens with zero attached hydrogens (tertiary/aromatic N) is 2. The van der Waals surface area contributed by atoms with E-state index in [2.05, 4.69) is 42.1 Å². The van der Waals surface area contributed by atoms with E-state index in [-0.39, 0.29) is 5.54 Å². The molecule has 106 valence electrons. The van der Waals surface area contributed by atoms with Crippen LogP contribution in [-0.2, 0) is 6.54 Å². The molecule has 0 aliphatic carbocycles. The van der Waals surface area contributed by atoms with Crippen molar-refractivity contribution >= 4 is 23.4 Å². The van der Waals surface area contributed by atoms with Gasteiger partial charge in [-0.05, 0) is 44.5 Å². The zero-order chi connectivity index (χ0) is 14.6. The van der Waals surface area contributed by atoms with Crippen LogP contribution >= 0.6 is 23.4 Å². The summed E-state index contributed by atoms with van der Waals surface area (Å²) in [7, 11) is 0. The minimum absolute atomic E-state index is 0.0516. The number of benzene rings is 1. The van der Waals surface area contributed by atoms with Gasteiger partial charge < -0.3 is 5.32 Å². The van der Waals surface area contributed by atoms with Crippen LogP contribution in [0.4, 0.5) is 0 Å². The summed E-state index contributed by atoms with van der Waals surface area (Å²) in [6.45, 7) is 7.15. The molecule has 0 saturated heterocycles. The third kappa shape index (κ3) is 4.47. The molecule has 20 heavy (non-hydrogen) atoms. The molecular weight excluding hydrogens is 290 g/mol. The van der Waals surface area contributed by atoms with E-state index in [1.54, 1.807) is 24.3 Å². The summed E-state index contributed by atoms with van der Waals surface area (Å²) in [5, 5.41) is 5.17. The second-order valence-corrected chi connectivity index (χ2v) is 6.94. The largest absolute Gasteiger partial charge is 0.308 e. The highest BCUT2D eigenvalue weighted by Gasteiger charge is 2.13. The fourth-order valence-electron chi connectivity index (χ4n) is 1.61. The van der Waals surface area contributed by atoms with Crippen LogP contribution in [-0.4, -0.2) is 15.5 Å². The molecule has 1 aromatic heterocycles. The molecule has 0 aliphatic rings. The van der Waals surface area contributed by atoms with Crippen molar-refractivity contribution in [1.82, 2.24) is 15.3 Å². The van der Waals surface area contributed by atoms with Gasteiger partial charge in [-0.15, -0.1) is 0 Å². The second kappa shape index (κ2) is 6.57. The Morgan fingerprint density at radius 1 is 1.25 bits per heavy atom. The van der Waals surface area contributed by atoms with Gasteiger partial charge in [0.1, 0.15) is 11.4 Å². The van der Waals surface area contributed by atoms with E-state index < -0.39 is 0 Å². The number of hydrogen-bond donors (Lipinski definition) is 1. The summed E-state index contributed by atoms with van der Waals surface area (Å²) in [6, 6.07) is 7.85. The Balaban J connectivity index is 2.22. The highest BCUT2D eigenvalue weighted by molar-refractivity contribution is 7.99. The van der Waals surface area contributed by atoms with Crippen LogP contribution in [0, 0.1) is 0 Å². The molecule has 0 saturated carbocycles. The maximum absolute atomic E-state index is 6.34. The number of nitrogens with one attached hydrogen (secondary N) is 1. The van der Waals surface area contributed by atoms with Crippen LogP contribution in [0.2, 0.25) is 5.02 Å². The van der Waals surface area contributed by atoms with Crippen molar-refractivity contribution in [3.63, 3.8) is 0 Å². The summed E-state index contributed by atoms with van der Waals surface area (Å²) in [5.74, 6) is 0. The minimum atomic E-state index is 0.0516. The molecule has 1 N–H and O–H groups in total. The van der Waals surface area contributed by atoms with Gasteiger partial charge in [0.2, 0.25) is 0 Å². The normalized spacial score (nSPS) is 11.6. The highest BCUT2D eigenvalue weighted by Crippen LogP contribution is 2.32. The van der Waals surface area contributed by atoms with E-state index in [1.165, 1.54) is 0 Å². The predicted octanol–water partition coefficient (Wildman–Crippen LogP) is 4.17. The van der Waals surface area contributed by atoms with Crippen molar-refractivity contribution in [2.75, 3.05) is 0 Å². The van der Waals surface area contributed by atoms with Crippen LogP contribution in [0.5, 0.6) is 0 Å². The molecular formula is C15H18ClN3S. The number of aromatic nitrogens is 2. The van der Waals surface area contributed by atoms with Crippen molar-refractivity contribution in [2.45, 2.75) is 42.8 Å². The standard InChI is InChI=1S/C15H18ClN3S/c1-15(2,3)19-9-11-12(16)5-4-6-13(11)20-14-7-8-17-10-18-14/h4-8,10,19H,9H2,1-3H3. The van der Waals surface area contributed by atoms with E-state index in [0.717, 1.165) is 27.1 Å². The lowest BCUT2D eigenvalue weighted by molar-refractivity contribution is 0.422. The van der Waals surface area contributed by atoms with Gasteiger partial charge in [0.15, 0.2) is 0 Å². The molecule has 0 aliphatic heterocycles. The smallest absolute Gasteiger partial charge is 0.116 e. The summed E-state index contributed by atoms with van der Waals surface area (Å²) in [6.07, 6.45) is 3.30. The third-order valence-corrected chi connectivity index (χ3v) is 4.05. The lowest BCUT2D eigenvalue weighted by Crippen LogP contribution is -2.35. The average molecular weight is 308 g/mol. The zero-order valence-corrected chi connectivity index (χ0v) is 13.4. The van der Waals surface area contributed by atoms with E-state index >= 15 is 0 Å². The van der Waals surface area contributed by atoms with Crippen molar-refractivity contribution in [3.8, 4) is 0 Å². The Morgan fingerprint density at radius 3 is 2.70 bits per heavy atom. The van der Waals surface area contributed by atoms with E-state index in [9.17, 15) is 0 Å². The molecule has 0 atom stereocenters. The van der Waals surface area contributed by atoms with Crippen molar-refractivity contribution < 1.29 is 0 Å². The fraction of sp³-hybridized carbons (Fsp3) is 0.333. The van der Waals surface area contributed by atoms with Crippen molar-refractivity contribution in [2.24, 2.45) is 0 Å². The lowest BCUT2D eigenvalue weighted by Gasteiger charge is -2.22. The first-order valence-electron chi connectivity index (χ1n) is 6.42. The Hall–Kier alpha value is -1.10. The Bertz CT molecular complexity index is 567. The maximum atomic E-state index is 6.34. The Kier molecular flexibility index (Phi) is 5.02. The average Bonchev–Trinajstić information content (AvgIpc) is 2.38. The molecule has 0 radical (unpaired) electrons. The van der Waals surface area contributed by atoms with E-state index in [1.807, 2.05) is 18.2 Å². The summed E-state index contributed by atoms with van der Waals surface area (Å²) in [5.41, 5.74) is 1.16. The summed E-state index contributed by atoms with van der Waals surface area (Å²) >= 11 is 7.94. The van der Waals surface area contributed by atoms with Crippen LogP contribution in [0.15, 0.2) is 46.7 Å². The molecule has 0 spiro atoms. The highest BCUT2D eigenvalue weighted by atomic mass is 35.5. The first-order chi connectivity index (χ1) is 9.46. The van der Waals surface area contributed by atoms with Crippen molar-refractivity contribution in [3.05, 3.63) is 47.4 Å². The molecule has 0 bridgehead atoms. The molecule has 3 nitrogen and oxygen atoms in total. The first kappa shape index (κ1) is 15.3. The number of hydrogen-bond acceptors (Lipinski definition) is 4. The monoisotopic (exact) mass is 307 g/mol. The Morgan fingerprint density at radius 2 is 2.05 bits per heavy atom. The first-order valence-corrected chi connectivity index (χ1v) is 7.61. The number of halogens is 1. The van der Waals surface area contributed by atoms with Gasteiger partial charge in [0, 0.05) is 28.2 Å². The molecule has 2 aromatic rings. The summed E-state index contributed by atoms with van der Waals surface area (Å²) in [4.78, 5) is 9.29. The number of rotatable bonds is 4. The zero-order valence-electron chi connectivity index (χ0n) is 11.9. The van der Waals surface area contributed by atoms with Gasteiger partial charge in [0.25, 0.3) is 0 Å². The molecule has 1 aromatic carbocycles. The van der Waals surface area contributed by atoms with Gasteiger partial charge in [-0.1, -0.05) is 29.4 Å². The molecule has 0 amide bonds. The summed E-state index contributed by atoms with van der Waals surface area (Å²) < 4.78 is 0. The second-order valence-electron chi connectivity index (χ2n) is 5.47. The molecule has 1 heterocycles. The van der Waals surface area contributed by atoms with Crippen LogP contribution in [0.25, 0.3) is 0 Å². The molecule has 0 unspecified atom stereocenters. The SMILES string of the molecule is CC(C)(C)NCc1c(Cl)cccc1Sc1ccncn1. The van der Waals surface area contributed by atoms with Gasteiger partial charge in [-0.25, -0.2) is 9.97 Å². The van der Waals surface area contributed by atoms with Crippen LogP contribution in [0.3, 0.4) is 0 Å². The maximum Gasteiger partial charge on any atom is 0.116 e. The fourth-order valence-corrected chi connectivity index (χ4v) is 2.81. The third-order valence-electron chi connectivity index (χ3n) is 2.64. The van der Waals surface area contributed by atoms with Crippen LogP contribution < -0.4 is 5.32 Å². The lowest BCUT2D eigenvalue weighted by atomic mass is 10.1. The van der Waals surface area contributed by atoms with E-state index in [0.29, 0.717) is 0 Å². The topological polar surface area (TPSA) is 37.8 Å². The van der Waals surface area contributed by atoms with E-state index in [4.69, 9.17) is 11.6 Å². The quantitative estimate of drug-likeness (QED) is 0.860. The van der Waals surface area contributed by atoms with Gasteiger partial charge >= 0.3 is 0 Å². The predicted molar refractivity (Wildman–Crippen MR) is 84.2 cm³/mol. The van der Waals surface area contributed by atoms with Crippen LogP contribution in [0.1, 0.15) is 26.3 Å². The van der Waals surface area contributed by atoms with Crippen molar-refractivity contribution in [1.29, 1.82) is 0 Å². The minimum Gasteiger partial charge on any atom is -0.308 e. The molecule has 2 rings (SSSR count). The Labute approximate surface area is 129 Å².